The molecule has 0 bridgehead atoms. The van der Waals surface area contributed by atoms with Gasteiger partial charge >= 0.3 is 0 Å². The normalized spacial score (nSPS) is 15.3. The van der Waals surface area contributed by atoms with E-state index in [1.54, 1.807) is 43.3 Å². The maximum absolute atomic E-state index is 13.5. The number of benzene rings is 2. The molecular formula is C27H31N3O5S. The highest BCUT2D eigenvalue weighted by Crippen LogP contribution is 2.30. The number of rotatable bonds is 8. The third kappa shape index (κ3) is 5.85. The fourth-order valence-corrected chi connectivity index (χ4v) is 5.90. The molecule has 190 valence electrons. The van der Waals surface area contributed by atoms with Crippen LogP contribution in [0.3, 0.4) is 0 Å². The zero-order valence-corrected chi connectivity index (χ0v) is 21.5. The van der Waals surface area contributed by atoms with Crippen LogP contribution in [0.5, 0.6) is 5.75 Å². The van der Waals surface area contributed by atoms with Crippen LogP contribution in [-0.4, -0.2) is 43.5 Å². The van der Waals surface area contributed by atoms with Crippen LogP contribution in [0.15, 0.2) is 57.9 Å². The number of hydrogen-bond donors (Lipinski definition) is 1. The Morgan fingerprint density at radius 3 is 2.39 bits per heavy atom. The number of nitrogens with zero attached hydrogens (tertiary/aromatic N) is 2. The molecule has 1 N–H and O–H groups in total. The van der Waals surface area contributed by atoms with Crippen molar-refractivity contribution in [2.24, 2.45) is 5.92 Å². The van der Waals surface area contributed by atoms with Gasteiger partial charge in [0.1, 0.15) is 11.4 Å². The minimum absolute atomic E-state index is 0.0724. The van der Waals surface area contributed by atoms with Gasteiger partial charge in [0.25, 0.3) is 0 Å². The van der Waals surface area contributed by atoms with Crippen LogP contribution in [0.2, 0.25) is 0 Å². The molecule has 4 rings (SSSR count). The highest BCUT2D eigenvalue weighted by Gasteiger charge is 2.35. The Hall–Kier alpha value is -3.43. The summed E-state index contributed by atoms with van der Waals surface area (Å²) in [6, 6.07) is 15.1. The van der Waals surface area contributed by atoms with Crippen molar-refractivity contribution in [2.45, 2.75) is 38.5 Å². The average molecular weight is 510 g/mol. The Bertz CT molecular complexity index is 1320. The van der Waals surface area contributed by atoms with Crippen molar-refractivity contribution in [3.8, 4) is 5.75 Å². The van der Waals surface area contributed by atoms with E-state index in [2.05, 4.69) is 10.5 Å². The number of hydrogen-bond acceptors (Lipinski definition) is 6. The molecule has 1 aromatic heterocycles. The Labute approximate surface area is 212 Å². The number of carbonyl (C=O) groups is 1. The Morgan fingerprint density at radius 1 is 1.08 bits per heavy atom. The molecule has 0 atom stereocenters. The maximum Gasteiger partial charge on any atom is 0.248 e. The first kappa shape index (κ1) is 25.7. The molecule has 2 aromatic carbocycles. The van der Waals surface area contributed by atoms with Gasteiger partial charge in [-0.1, -0.05) is 41.1 Å². The summed E-state index contributed by atoms with van der Waals surface area (Å²) in [4.78, 5) is 12.8. The standard InChI is InChI=1S/C27H31N3O5S/c1-4-34-24-12-10-23(11-13-24)28-27(31)22-15-17-30(18-16-22)36(32,33)26-20(3)29-35-25(26)14-9-21-7-5-19(2)6-8-21/h5-14,22H,4,15-18H2,1-3H3,(H,28,31)/b14-9+. The fourth-order valence-electron chi connectivity index (χ4n) is 4.18. The molecule has 1 fully saturated rings. The summed E-state index contributed by atoms with van der Waals surface area (Å²) in [5.41, 5.74) is 3.07. The molecule has 1 aliphatic heterocycles. The van der Waals surface area contributed by atoms with E-state index < -0.39 is 10.0 Å². The first-order chi connectivity index (χ1) is 17.3. The SMILES string of the molecule is CCOc1ccc(NC(=O)C2CCN(S(=O)(=O)c3c(C)noc3/C=C/c3ccc(C)cc3)CC2)cc1. The second-order valence-electron chi connectivity index (χ2n) is 8.83. The molecule has 0 unspecified atom stereocenters. The van der Waals surface area contributed by atoms with Gasteiger partial charge < -0.3 is 14.6 Å². The number of carbonyl (C=O) groups excluding carboxylic acids is 1. The minimum Gasteiger partial charge on any atom is -0.494 e. The van der Waals surface area contributed by atoms with E-state index in [4.69, 9.17) is 9.26 Å². The van der Waals surface area contributed by atoms with E-state index in [0.717, 1.165) is 16.9 Å². The molecule has 0 spiro atoms. The molecule has 1 amide bonds. The summed E-state index contributed by atoms with van der Waals surface area (Å²) in [6.45, 7) is 6.61. The number of amides is 1. The van der Waals surface area contributed by atoms with Crippen LogP contribution < -0.4 is 10.1 Å². The summed E-state index contributed by atoms with van der Waals surface area (Å²) < 4.78 is 39.1. The van der Waals surface area contributed by atoms with Crippen LogP contribution in [0, 0.1) is 19.8 Å². The second kappa shape index (κ2) is 11.1. The molecule has 1 aliphatic rings. The molecule has 8 nitrogen and oxygen atoms in total. The minimum atomic E-state index is -3.83. The largest absolute Gasteiger partial charge is 0.494 e. The first-order valence-electron chi connectivity index (χ1n) is 12.0. The van der Waals surface area contributed by atoms with Gasteiger partial charge in [0.15, 0.2) is 10.7 Å². The first-order valence-corrected chi connectivity index (χ1v) is 13.5. The summed E-state index contributed by atoms with van der Waals surface area (Å²) in [7, 11) is -3.83. The van der Waals surface area contributed by atoms with Crippen LogP contribution in [0.1, 0.15) is 42.3 Å². The summed E-state index contributed by atoms with van der Waals surface area (Å²) in [6.07, 6.45) is 4.30. The van der Waals surface area contributed by atoms with E-state index >= 15 is 0 Å². The predicted octanol–water partition coefficient (Wildman–Crippen LogP) is 4.90. The lowest BCUT2D eigenvalue weighted by Gasteiger charge is -2.30. The van der Waals surface area contributed by atoms with Crippen molar-refractivity contribution < 1.29 is 22.5 Å². The highest BCUT2D eigenvalue weighted by atomic mass is 32.2. The predicted molar refractivity (Wildman–Crippen MR) is 139 cm³/mol. The molecule has 2 heterocycles. The van der Waals surface area contributed by atoms with Crippen LogP contribution in [0.4, 0.5) is 5.69 Å². The van der Waals surface area contributed by atoms with Gasteiger partial charge in [0, 0.05) is 24.7 Å². The van der Waals surface area contributed by atoms with Crippen LogP contribution >= 0.6 is 0 Å². The van der Waals surface area contributed by atoms with Crippen molar-refractivity contribution in [1.82, 2.24) is 9.46 Å². The number of aryl methyl sites for hydroxylation is 2. The van der Waals surface area contributed by atoms with E-state index in [1.165, 1.54) is 4.31 Å². The van der Waals surface area contributed by atoms with Gasteiger partial charge in [-0.15, -0.1) is 0 Å². The second-order valence-corrected chi connectivity index (χ2v) is 10.7. The number of piperidine rings is 1. The number of aromatic nitrogens is 1. The lowest BCUT2D eigenvalue weighted by Crippen LogP contribution is -2.41. The Kier molecular flexibility index (Phi) is 7.91. The number of sulfonamides is 1. The summed E-state index contributed by atoms with van der Waals surface area (Å²) in [5.74, 6) is 0.557. The quantitative estimate of drug-likeness (QED) is 0.463. The Balaban J connectivity index is 1.40. The zero-order chi connectivity index (χ0) is 25.7. The van der Waals surface area contributed by atoms with Crippen molar-refractivity contribution in [2.75, 3.05) is 25.0 Å². The average Bonchev–Trinajstić information content (AvgIpc) is 3.26. The lowest BCUT2D eigenvalue weighted by molar-refractivity contribution is -0.120. The van der Waals surface area contributed by atoms with Gasteiger partial charge in [-0.05, 0) is 69.5 Å². The molecule has 36 heavy (non-hydrogen) atoms. The molecular weight excluding hydrogens is 478 g/mol. The van der Waals surface area contributed by atoms with Crippen molar-refractivity contribution in [3.05, 3.63) is 71.1 Å². The van der Waals surface area contributed by atoms with Crippen molar-refractivity contribution in [1.29, 1.82) is 0 Å². The van der Waals surface area contributed by atoms with E-state index in [-0.39, 0.29) is 35.6 Å². The highest BCUT2D eigenvalue weighted by molar-refractivity contribution is 7.89. The van der Waals surface area contributed by atoms with Gasteiger partial charge in [0.2, 0.25) is 15.9 Å². The Morgan fingerprint density at radius 2 is 1.75 bits per heavy atom. The topological polar surface area (TPSA) is 102 Å². The maximum atomic E-state index is 13.5. The van der Waals surface area contributed by atoms with Crippen molar-refractivity contribution in [3.63, 3.8) is 0 Å². The number of nitrogens with one attached hydrogen (secondary N) is 1. The number of ether oxygens (including phenoxy) is 1. The van der Waals surface area contributed by atoms with E-state index in [0.29, 0.717) is 30.8 Å². The third-order valence-corrected chi connectivity index (χ3v) is 8.25. The van der Waals surface area contributed by atoms with Gasteiger partial charge in [0.05, 0.1) is 6.61 Å². The lowest BCUT2D eigenvalue weighted by atomic mass is 9.97. The zero-order valence-electron chi connectivity index (χ0n) is 20.7. The number of anilines is 1. The molecule has 9 heteroatoms. The fraction of sp³-hybridized carbons (Fsp3) is 0.333. The molecule has 1 saturated heterocycles. The summed E-state index contributed by atoms with van der Waals surface area (Å²) in [5, 5.41) is 6.83. The van der Waals surface area contributed by atoms with Crippen LogP contribution in [0.25, 0.3) is 12.2 Å². The molecule has 0 radical (unpaired) electrons. The van der Waals surface area contributed by atoms with E-state index in [1.807, 2.05) is 38.1 Å². The van der Waals surface area contributed by atoms with Crippen molar-refractivity contribution >= 4 is 33.8 Å². The van der Waals surface area contributed by atoms with Gasteiger partial charge in [-0.2, -0.15) is 4.31 Å². The molecule has 0 aliphatic carbocycles. The van der Waals surface area contributed by atoms with Crippen LogP contribution in [-0.2, 0) is 14.8 Å². The van der Waals surface area contributed by atoms with Gasteiger partial charge in [-0.3, -0.25) is 4.79 Å². The van der Waals surface area contributed by atoms with E-state index in [9.17, 15) is 13.2 Å². The molecule has 0 saturated carbocycles. The summed E-state index contributed by atoms with van der Waals surface area (Å²) >= 11 is 0. The van der Waals surface area contributed by atoms with Gasteiger partial charge in [-0.25, -0.2) is 8.42 Å². The smallest absolute Gasteiger partial charge is 0.248 e. The molecule has 3 aromatic rings. The third-order valence-electron chi connectivity index (χ3n) is 6.19. The monoisotopic (exact) mass is 509 g/mol.